The number of carboxylic acid groups (broad SMARTS) is 1. The van der Waals surface area contributed by atoms with Crippen molar-refractivity contribution < 1.29 is 19.4 Å². The van der Waals surface area contributed by atoms with Gasteiger partial charge in [-0.3, -0.25) is 9.58 Å². The minimum Gasteiger partial charge on any atom is -0.473 e. The number of piperidine rings is 1. The molecule has 2 aromatic heterocycles. The van der Waals surface area contributed by atoms with E-state index >= 15 is 0 Å². The molecule has 10 heteroatoms. The van der Waals surface area contributed by atoms with E-state index in [4.69, 9.17) is 19.6 Å². The van der Waals surface area contributed by atoms with Crippen LogP contribution in [-0.2, 0) is 20.3 Å². The third-order valence-electron chi connectivity index (χ3n) is 9.86. The van der Waals surface area contributed by atoms with Gasteiger partial charge in [0.05, 0.1) is 16.8 Å². The maximum absolute atomic E-state index is 11.3. The van der Waals surface area contributed by atoms with Gasteiger partial charge in [0.2, 0.25) is 11.8 Å². The summed E-state index contributed by atoms with van der Waals surface area (Å²) in [6, 6.07) is 30.9. The van der Waals surface area contributed by atoms with Gasteiger partial charge in [-0.2, -0.15) is 10.1 Å². The molecule has 1 atom stereocenters. The summed E-state index contributed by atoms with van der Waals surface area (Å²) >= 11 is 0. The fourth-order valence-electron chi connectivity index (χ4n) is 7.15. The van der Waals surface area contributed by atoms with Crippen LogP contribution >= 0.6 is 0 Å². The van der Waals surface area contributed by atoms with Crippen LogP contribution in [0, 0.1) is 5.92 Å². The lowest BCUT2D eigenvalue weighted by Gasteiger charge is -2.43. The quantitative estimate of drug-likeness (QED) is 0.177. The molecule has 2 fully saturated rings. The number of hydrogen-bond acceptors (Lipinski definition) is 7. The lowest BCUT2D eigenvalue weighted by molar-refractivity contribution is 0.101. The molecule has 49 heavy (non-hydrogen) atoms. The number of pyridine rings is 1. The molecule has 2 aliphatic rings. The minimum absolute atomic E-state index is 0.375. The van der Waals surface area contributed by atoms with Gasteiger partial charge in [-0.15, -0.1) is 0 Å². The molecule has 0 saturated carbocycles. The van der Waals surface area contributed by atoms with Crippen LogP contribution in [0.5, 0.6) is 11.8 Å². The number of piperazine rings is 1. The van der Waals surface area contributed by atoms with Gasteiger partial charge in [0.1, 0.15) is 18.9 Å². The lowest BCUT2D eigenvalue weighted by atomic mass is 9.95. The smallest absolute Gasteiger partial charge is 0.407 e. The van der Waals surface area contributed by atoms with Crippen molar-refractivity contribution in [2.24, 2.45) is 13.0 Å². The Morgan fingerprint density at radius 3 is 2.20 bits per heavy atom. The molecule has 0 spiro atoms. The van der Waals surface area contributed by atoms with Crippen molar-refractivity contribution in [1.82, 2.24) is 24.6 Å². The second kappa shape index (κ2) is 14.6. The number of benzene rings is 3. The van der Waals surface area contributed by atoms with Crippen molar-refractivity contribution in [3.8, 4) is 23.0 Å². The second-order valence-corrected chi connectivity index (χ2v) is 13.2. The number of amides is 1. The maximum Gasteiger partial charge on any atom is 0.407 e. The molecule has 1 amide bonds. The predicted molar refractivity (Wildman–Crippen MR) is 191 cm³/mol. The molecular formula is C39H44N6O4. The zero-order valence-electron chi connectivity index (χ0n) is 28.2. The number of ether oxygens (including phenoxy) is 2. The van der Waals surface area contributed by atoms with Crippen LogP contribution in [0.2, 0.25) is 0 Å². The largest absolute Gasteiger partial charge is 0.473 e. The topological polar surface area (TPSA) is 96.2 Å². The first-order chi connectivity index (χ1) is 23.9. The van der Waals surface area contributed by atoms with Gasteiger partial charge in [-0.25, -0.2) is 4.79 Å². The molecule has 0 bridgehead atoms. The number of para-hydroxylation sites is 1. The summed E-state index contributed by atoms with van der Waals surface area (Å²) in [5.74, 6) is 1.52. The Labute approximate surface area is 287 Å². The van der Waals surface area contributed by atoms with Gasteiger partial charge < -0.3 is 24.4 Å². The van der Waals surface area contributed by atoms with Crippen LogP contribution in [0.25, 0.3) is 22.2 Å². The molecule has 254 valence electrons. The van der Waals surface area contributed by atoms with Crippen molar-refractivity contribution in [1.29, 1.82) is 0 Å². The summed E-state index contributed by atoms with van der Waals surface area (Å²) in [5.41, 5.74) is 6.01. The number of hydrogen-bond donors (Lipinski definition) is 1. The van der Waals surface area contributed by atoms with Gasteiger partial charge in [0.15, 0.2) is 0 Å². The van der Waals surface area contributed by atoms with Gasteiger partial charge in [-0.1, -0.05) is 72.8 Å². The molecule has 3 aromatic carbocycles. The molecule has 0 radical (unpaired) electrons. The fraction of sp³-hybridized carbons (Fsp3) is 0.359. The maximum atomic E-state index is 11.3. The minimum atomic E-state index is -0.801. The Morgan fingerprint density at radius 2 is 1.53 bits per heavy atom. The number of carbonyl (C=O) groups is 1. The summed E-state index contributed by atoms with van der Waals surface area (Å²) in [5, 5.41) is 15.4. The monoisotopic (exact) mass is 660 g/mol. The molecular weight excluding hydrogens is 616 g/mol. The van der Waals surface area contributed by atoms with Crippen molar-refractivity contribution in [3.63, 3.8) is 0 Å². The molecule has 1 unspecified atom stereocenters. The van der Waals surface area contributed by atoms with E-state index in [1.807, 2.05) is 84.5 Å². The van der Waals surface area contributed by atoms with Gasteiger partial charge in [-0.05, 0) is 48.9 Å². The first-order valence-electron chi connectivity index (χ1n) is 17.2. The number of aryl methyl sites for hydroxylation is 1. The average Bonchev–Trinajstić information content (AvgIpc) is 3.48. The Hall–Kier alpha value is -5.09. The van der Waals surface area contributed by atoms with E-state index in [0.29, 0.717) is 50.0 Å². The average molecular weight is 661 g/mol. The highest BCUT2D eigenvalue weighted by atomic mass is 16.5. The standard InChI is InChI=1S/C39H44N6O4/c1-28-24-45(23-22-44(28)25-29-18-20-43(21-19-29)39(46)47)34-15-9-14-32-36(41-42(2)37(32)34)33-16-17-35(48-26-30-10-5-3-6-11-30)40-38(33)49-27-31-12-7-4-8-13-31/h3-17,28-29H,18-27H2,1-2H3,(H,46,47). The van der Waals surface area contributed by atoms with Crippen LogP contribution in [-0.4, -0.2) is 81.1 Å². The highest BCUT2D eigenvalue weighted by Crippen LogP contribution is 2.38. The molecule has 2 saturated heterocycles. The number of rotatable bonds is 10. The van der Waals surface area contributed by atoms with Crippen LogP contribution in [0.15, 0.2) is 91.0 Å². The Bertz CT molecular complexity index is 1870. The zero-order chi connectivity index (χ0) is 33.7. The Kier molecular flexibility index (Phi) is 9.65. The summed E-state index contributed by atoms with van der Waals surface area (Å²) < 4.78 is 14.5. The first-order valence-corrected chi connectivity index (χ1v) is 17.2. The second-order valence-electron chi connectivity index (χ2n) is 13.2. The van der Waals surface area contributed by atoms with Crippen molar-refractivity contribution in [2.75, 3.05) is 44.2 Å². The first kappa shape index (κ1) is 32.5. The Balaban J connectivity index is 1.12. The highest BCUT2D eigenvalue weighted by molar-refractivity contribution is 6.01. The lowest BCUT2D eigenvalue weighted by Crippen LogP contribution is -2.54. The molecule has 7 rings (SSSR count). The third kappa shape index (κ3) is 7.34. The van der Waals surface area contributed by atoms with E-state index in [1.165, 1.54) is 5.69 Å². The molecule has 4 heterocycles. The molecule has 1 N–H and O–H groups in total. The third-order valence-corrected chi connectivity index (χ3v) is 9.86. The van der Waals surface area contributed by atoms with Crippen LogP contribution in [0.4, 0.5) is 10.5 Å². The fourth-order valence-corrected chi connectivity index (χ4v) is 7.15. The van der Waals surface area contributed by atoms with Gasteiger partial charge >= 0.3 is 6.09 Å². The van der Waals surface area contributed by atoms with Crippen molar-refractivity contribution in [3.05, 3.63) is 102 Å². The molecule has 0 aliphatic carbocycles. The van der Waals surface area contributed by atoms with E-state index in [0.717, 1.165) is 72.3 Å². The normalized spacial score (nSPS) is 17.4. The van der Waals surface area contributed by atoms with Crippen LogP contribution < -0.4 is 14.4 Å². The van der Waals surface area contributed by atoms with E-state index in [-0.39, 0.29) is 0 Å². The summed E-state index contributed by atoms with van der Waals surface area (Å²) in [6.07, 6.45) is 1.06. The molecule has 5 aromatic rings. The van der Waals surface area contributed by atoms with E-state index in [1.54, 1.807) is 4.90 Å². The zero-order valence-corrected chi connectivity index (χ0v) is 28.2. The van der Waals surface area contributed by atoms with Gasteiger partial charge in [0.25, 0.3) is 0 Å². The van der Waals surface area contributed by atoms with Crippen molar-refractivity contribution >= 4 is 22.7 Å². The van der Waals surface area contributed by atoms with Gasteiger partial charge in [0, 0.05) is 63.8 Å². The molecule has 2 aliphatic heterocycles. The van der Waals surface area contributed by atoms with E-state index in [9.17, 15) is 9.90 Å². The predicted octanol–water partition coefficient (Wildman–Crippen LogP) is 6.69. The van der Waals surface area contributed by atoms with E-state index < -0.39 is 6.09 Å². The van der Waals surface area contributed by atoms with Crippen LogP contribution in [0.3, 0.4) is 0 Å². The molecule has 10 nitrogen and oxygen atoms in total. The Morgan fingerprint density at radius 1 is 0.837 bits per heavy atom. The highest BCUT2D eigenvalue weighted by Gasteiger charge is 2.30. The van der Waals surface area contributed by atoms with E-state index in [2.05, 4.69) is 34.9 Å². The van der Waals surface area contributed by atoms with Crippen molar-refractivity contribution in [2.45, 2.75) is 39.0 Å². The summed E-state index contributed by atoms with van der Waals surface area (Å²) in [7, 11) is 2.01. The number of fused-ring (bicyclic) bond motifs is 1. The number of likely N-dealkylation sites (tertiary alicyclic amines) is 1. The summed E-state index contributed by atoms with van der Waals surface area (Å²) in [6.45, 7) is 8.17. The SMILES string of the molecule is CC1CN(c2cccc3c(-c4ccc(OCc5ccccc5)nc4OCc4ccccc4)nn(C)c23)CCN1CC1CCN(C(=O)O)CC1. The van der Waals surface area contributed by atoms with Crippen LogP contribution in [0.1, 0.15) is 30.9 Å². The number of anilines is 1. The summed E-state index contributed by atoms with van der Waals surface area (Å²) in [4.78, 5) is 22.8. The number of nitrogens with zero attached hydrogens (tertiary/aromatic N) is 6. The number of aromatic nitrogens is 3.